The number of quaternary nitrogens is 1. The van der Waals surface area contributed by atoms with Crippen molar-refractivity contribution < 1.29 is 9.44 Å². The second kappa shape index (κ2) is 5.31. The smallest absolute Gasteiger partial charge is 0.283 e. The number of hydrogen-bond acceptors (Lipinski definition) is 2. The Morgan fingerprint density at radius 1 is 1.32 bits per heavy atom. The Kier molecular flexibility index (Phi) is 3.92. The summed E-state index contributed by atoms with van der Waals surface area (Å²) in [6.07, 6.45) is 2.55. The fraction of sp³-hybridized carbons (Fsp3) is 0.533. The summed E-state index contributed by atoms with van der Waals surface area (Å²) in [5.41, 5.74) is 2.91. The standard InChI is InChI=1S/C15H22N2O2/c1-11-7-6-8-12(2)14(11)16-15(18)13-9-4-5-10-17(13,3)19/h6-8,13H,4-5,9-10H2,1-3H3,(H,16,18)/t13-,17-/m0/s1. The number of rotatable bonds is 2. The molecule has 1 N–H and O–H groups in total. The maximum atomic E-state index is 12.4. The molecule has 0 unspecified atom stereocenters. The van der Waals surface area contributed by atoms with Crippen LogP contribution < -0.4 is 5.32 Å². The molecule has 19 heavy (non-hydrogen) atoms. The van der Waals surface area contributed by atoms with Gasteiger partial charge in [-0.25, -0.2) is 0 Å². The van der Waals surface area contributed by atoms with Crippen molar-refractivity contribution in [1.29, 1.82) is 0 Å². The third kappa shape index (κ3) is 2.96. The molecule has 1 aromatic rings. The third-order valence-corrected chi connectivity index (χ3v) is 4.02. The van der Waals surface area contributed by atoms with Crippen molar-refractivity contribution in [1.82, 2.24) is 0 Å². The van der Waals surface area contributed by atoms with Crippen LogP contribution in [0.1, 0.15) is 30.4 Å². The zero-order valence-corrected chi connectivity index (χ0v) is 11.9. The van der Waals surface area contributed by atoms with Crippen molar-refractivity contribution in [2.24, 2.45) is 0 Å². The number of piperidine rings is 1. The van der Waals surface area contributed by atoms with E-state index in [9.17, 15) is 10.0 Å². The van der Waals surface area contributed by atoms with Crippen LogP contribution in [-0.4, -0.2) is 30.2 Å². The Morgan fingerprint density at radius 2 is 1.95 bits per heavy atom. The molecule has 1 fully saturated rings. The van der Waals surface area contributed by atoms with E-state index >= 15 is 0 Å². The average molecular weight is 262 g/mol. The van der Waals surface area contributed by atoms with Crippen LogP contribution in [0.2, 0.25) is 0 Å². The highest BCUT2D eigenvalue weighted by Crippen LogP contribution is 2.25. The van der Waals surface area contributed by atoms with E-state index in [1.807, 2.05) is 32.0 Å². The van der Waals surface area contributed by atoms with Gasteiger partial charge in [-0.3, -0.25) is 4.79 Å². The number of para-hydroxylation sites is 1. The lowest BCUT2D eigenvalue weighted by atomic mass is 10.0. The van der Waals surface area contributed by atoms with Crippen molar-refractivity contribution >= 4 is 11.6 Å². The predicted molar refractivity (Wildman–Crippen MR) is 76.6 cm³/mol. The normalized spacial score (nSPS) is 27.1. The van der Waals surface area contributed by atoms with Crippen LogP contribution in [-0.2, 0) is 4.79 Å². The first-order valence-corrected chi connectivity index (χ1v) is 6.85. The van der Waals surface area contributed by atoms with Gasteiger partial charge in [-0.05, 0) is 37.8 Å². The lowest BCUT2D eigenvalue weighted by Crippen LogP contribution is -2.55. The van der Waals surface area contributed by atoms with Gasteiger partial charge < -0.3 is 15.2 Å². The summed E-state index contributed by atoms with van der Waals surface area (Å²) in [7, 11) is 1.61. The van der Waals surface area contributed by atoms with Crippen molar-refractivity contribution in [2.75, 3.05) is 18.9 Å². The molecule has 1 aliphatic heterocycles. The molecule has 0 saturated carbocycles. The topological polar surface area (TPSA) is 52.2 Å². The molecule has 2 atom stereocenters. The lowest BCUT2D eigenvalue weighted by Gasteiger charge is -2.47. The largest absolute Gasteiger partial charge is 0.632 e. The van der Waals surface area contributed by atoms with Gasteiger partial charge in [0.2, 0.25) is 0 Å². The SMILES string of the molecule is Cc1cccc(C)c1NC(=O)[C@@H]1CCCC[N@+]1(C)[O-]. The van der Waals surface area contributed by atoms with Crippen LogP contribution >= 0.6 is 0 Å². The van der Waals surface area contributed by atoms with E-state index in [1.165, 1.54) is 0 Å². The minimum Gasteiger partial charge on any atom is -0.632 e. The van der Waals surface area contributed by atoms with E-state index in [1.54, 1.807) is 7.05 Å². The van der Waals surface area contributed by atoms with Gasteiger partial charge in [0.05, 0.1) is 13.6 Å². The number of benzene rings is 1. The molecular formula is C15H22N2O2. The summed E-state index contributed by atoms with van der Waals surface area (Å²) in [6, 6.07) is 5.42. The fourth-order valence-electron chi connectivity index (χ4n) is 2.79. The second-order valence-corrected chi connectivity index (χ2v) is 5.67. The Labute approximate surface area is 114 Å². The number of nitrogens with one attached hydrogen (secondary N) is 1. The maximum absolute atomic E-state index is 12.4. The molecule has 1 aliphatic rings. The first kappa shape index (κ1) is 14.0. The van der Waals surface area contributed by atoms with Gasteiger partial charge >= 0.3 is 0 Å². The predicted octanol–water partition coefficient (Wildman–Crippen LogP) is 2.74. The minimum absolute atomic E-state index is 0.144. The Hall–Kier alpha value is -1.39. The van der Waals surface area contributed by atoms with Crippen LogP contribution in [0.4, 0.5) is 5.69 Å². The molecular weight excluding hydrogens is 240 g/mol. The molecule has 0 spiro atoms. The summed E-state index contributed by atoms with van der Waals surface area (Å²) < 4.78 is -0.448. The number of aryl methyl sites for hydroxylation is 2. The van der Waals surface area contributed by atoms with Crippen LogP contribution in [0.25, 0.3) is 0 Å². The van der Waals surface area contributed by atoms with Gasteiger partial charge in [0.1, 0.15) is 0 Å². The molecule has 1 aromatic carbocycles. The molecule has 1 heterocycles. The monoisotopic (exact) mass is 262 g/mol. The van der Waals surface area contributed by atoms with Crippen LogP contribution in [0.5, 0.6) is 0 Å². The van der Waals surface area contributed by atoms with Crippen molar-refractivity contribution in [3.8, 4) is 0 Å². The zero-order valence-electron chi connectivity index (χ0n) is 11.9. The highest BCUT2D eigenvalue weighted by molar-refractivity contribution is 5.95. The van der Waals surface area contributed by atoms with E-state index in [0.29, 0.717) is 13.0 Å². The molecule has 4 nitrogen and oxygen atoms in total. The molecule has 0 aromatic heterocycles. The van der Waals surface area contributed by atoms with Crippen LogP contribution in [0.3, 0.4) is 0 Å². The Bertz CT molecular complexity index is 463. The first-order chi connectivity index (χ1) is 8.92. The van der Waals surface area contributed by atoms with E-state index in [2.05, 4.69) is 5.32 Å². The number of amides is 1. The summed E-state index contributed by atoms with van der Waals surface area (Å²) in [4.78, 5) is 12.4. The van der Waals surface area contributed by atoms with Gasteiger partial charge in [0.15, 0.2) is 6.04 Å². The highest BCUT2D eigenvalue weighted by Gasteiger charge is 2.34. The number of nitrogens with zero attached hydrogens (tertiary/aromatic N) is 1. The first-order valence-electron chi connectivity index (χ1n) is 6.85. The van der Waals surface area contributed by atoms with Gasteiger partial charge in [0.25, 0.3) is 5.91 Å². The molecule has 0 radical (unpaired) electrons. The fourth-order valence-corrected chi connectivity index (χ4v) is 2.79. The number of hydrogen-bond donors (Lipinski definition) is 1. The zero-order chi connectivity index (χ0) is 14.0. The lowest BCUT2D eigenvalue weighted by molar-refractivity contribution is -0.881. The number of anilines is 1. The molecule has 2 rings (SSSR count). The molecule has 0 bridgehead atoms. The van der Waals surface area contributed by atoms with Crippen molar-refractivity contribution in [2.45, 2.75) is 39.2 Å². The minimum atomic E-state index is -0.479. The molecule has 104 valence electrons. The van der Waals surface area contributed by atoms with Gasteiger partial charge in [0, 0.05) is 12.1 Å². The van der Waals surface area contributed by atoms with Crippen molar-refractivity contribution in [3.63, 3.8) is 0 Å². The molecule has 4 heteroatoms. The van der Waals surface area contributed by atoms with Crippen LogP contribution in [0, 0.1) is 19.1 Å². The summed E-state index contributed by atoms with van der Waals surface area (Å²) in [5.74, 6) is -0.144. The number of hydroxylamine groups is 3. The molecule has 0 aliphatic carbocycles. The van der Waals surface area contributed by atoms with Crippen LogP contribution in [0.15, 0.2) is 18.2 Å². The Morgan fingerprint density at radius 3 is 2.53 bits per heavy atom. The van der Waals surface area contributed by atoms with Crippen molar-refractivity contribution in [3.05, 3.63) is 34.5 Å². The van der Waals surface area contributed by atoms with Gasteiger partial charge in [-0.2, -0.15) is 0 Å². The number of carbonyl (C=O) groups excluding carboxylic acids is 1. The number of likely N-dealkylation sites (N-methyl/N-ethyl adjacent to an activating group) is 1. The highest BCUT2D eigenvalue weighted by atomic mass is 16.5. The summed E-state index contributed by atoms with van der Waals surface area (Å²) in [5, 5.41) is 15.3. The number of likely N-dealkylation sites (tertiary alicyclic amines) is 1. The van der Waals surface area contributed by atoms with E-state index in [0.717, 1.165) is 29.7 Å². The van der Waals surface area contributed by atoms with E-state index in [4.69, 9.17) is 0 Å². The summed E-state index contributed by atoms with van der Waals surface area (Å²) >= 11 is 0. The number of carbonyl (C=O) groups is 1. The third-order valence-electron chi connectivity index (χ3n) is 4.02. The molecule has 1 saturated heterocycles. The van der Waals surface area contributed by atoms with Gasteiger partial charge in [-0.1, -0.05) is 18.2 Å². The van der Waals surface area contributed by atoms with E-state index in [-0.39, 0.29) is 5.91 Å². The van der Waals surface area contributed by atoms with Gasteiger partial charge in [-0.15, -0.1) is 0 Å². The summed E-state index contributed by atoms with van der Waals surface area (Å²) in [6.45, 7) is 4.47. The van der Waals surface area contributed by atoms with E-state index < -0.39 is 10.7 Å². The quantitative estimate of drug-likeness (QED) is 0.658. The molecule has 1 amide bonds. The second-order valence-electron chi connectivity index (χ2n) is 5.67. The maximum Gasteiger partial charge on any atom is 0.283 e. The average Bonchev–Trinajstić information content (AvgIpc) is 2.33. The Balaban J connectivity index is 2.17.